The van der Waals surface area contributed by atoms with Crippen molar-refractivity contribution in [1.29, 1.82) is 0 Å². The van der Waals surface area contributed by atoms with Gasteiger partial charge in [-0.15, -0.1) is 0 Å². The highest BCUT2D eigenvalue weighted by atomic mass is 16.7. The molecule has 25 heavy (non-hydrogen) atoms. The number of hydrogen-bond donors (Lipinski definition) is 5. The minimum atomic E-state index is -0.935. The number of hydrogen-bond acceptors (Lipinski definition) is 8. The van der Waals surface area contributed by atoms with Crippen LogP contribution in [0.5, 0.6) is 0 Å². The van der Waals surface area contributed by atoms with Gasteiger partial charge in [-0.3, -0.25) is 4.79 Å². The normalized spacial score (nSPS) is 40.5. The van der Waals surface area contributed by atoms with Crippen LogP contribution in [-0.2, 0) is 14.3 Å². The monoisotopic (exact) mass is 359 g/mol. The Balaban J connectivity index is 2.06. The van der Waals surface area contributed by atoms with Gasteiger partial charge in [0.1, 0.15) is 12.2 Å². The molecule has 0 aromatic carbocycles. The van der Waals surface area contributed by atoms with Crippen LogP contribution in [0.1, 0.15) is 32.6 Å². The summed E-state index contributed by atoms with van der Waals surface area (Å²) in [6.07, 6.45) is 0.282. The fourth-order valence-electron chi connectivity index (χ4n) is 3.61. The van der Waals surface area contributed by atoms with Gasteiger partial charge in [-0.2, -0.15) is 0 Å². The van der Waals surface area contributed by atoms with E-state index in [9.17, 15) is 9.90 Å². The molecule has 0 radical (unpaired) electrons. The number of carbonyl (C=O) groups excluding carboxylic acids is 1. The molecule has 0 spiro atoms. The van der Waals surface area contributed by atoms with Crippen LogP contribution in [0.3, 0.4) is 0 Å². The van der Waals surface area contributed by atoms with Crippen molar-refractivity contribution in [2.75, 3.05) is 13.6 Å². The Bertz CT molecular complexity index is 452. The van der Waals surface area contributed by atoms with E-state index in [0.717, 1.165) is 12.8 Å². The average Bonchev–Trinajstić information content (AvgIpc) is 2.58. The van der Waals surface area contributed by atoms with Gasteiger partial charge in [0.15, 0.2) is 6.29 Å². The standard InChI is InChI=1S/C16H33N5O4/c1-8(18)12-6-4-10(20)16(24-12)25-15-9(19)3-5-11(14(15)23)21(2)13(22)7-17/h8-12,14-16,23H,3-7,17-20H2,1-2H3. The predicted octanol–water partition coefficient (Wildman–Crippen LogP) is -2.18. The second kappa shape index (κ2) is 8.72. The third-order valence-electron chi connectivity index (χ3n) is 5.33. The van der Waals surface area contributed by atoms with Gasteiger partial charge in [0.2, 0.25) is 5.91 Å². The molecule has 2 rings (SSSR count). The number of nitrogens with two attached hydrogens (primary N) is 4. The van der Waals surface area contributed by atoms with Crippen molar-refractivity contribution in [3.05, 3.63) is 0 Å². The molecule has 9 nitrogen and oxygen atoms in total. The minimum absolute atomic E-state index is 0.107. The largest absolute Gasteiger partial charge is 0.388 e. The summed E-state index contributed by atoms with van der Waals surface area (Å²) in [4.78, 5) is 13.3. The van der Waals surface area contributed by atoms with Crippen LogP contribution >= 0.6 is 0 Å². The molecule has 1 saturated heterocycles. The molecule has 146 valence electrons. The van der Waals surface area contributed by atoms with Crippen LogP contribution in [0.25, 0.3) is 0 Å². The van der Waals surface area contributed by atoms with E-state index >= 15 is 0 Å². The van der Waals surface area contributed by atoms with Gasteiger partial charge in [0.05, 0.1) is 24.7 Å². The molecule has 1 amide bonds. The van der Waals surface area contributed by atoms with Crippen LogP contribution in [0, 0.1) is 0 Å². The van der Waals surface area contributed by atoms with Crippen LogP contribution in [-0.4, -0.2) is 78.3 Å². The molecular formula is C16H33N5O4. The first-order valence-electron chi connectivity index (χ1n) is 8.97. The summed E-state index contributed by atoms with van der Waals surface area (Å²) < 4.78 is 11.9. The molecule has 8 atom stereocenters. The first-order chi connectivity index (χ1) is 11.8. The number of amides is 1. The molecule has 9 N–H and O–H groups in total. The molecule has 0 aromatic rings. The second-order valence-electron chi connectivity index (χ2n) is 7.25. The molecule has 1 saturated carbocycles. The number of ether oxygens (including phenoxy) is 2. The Labute approximate surface area is 149 Å². The summed E-state index contributed by atoms with van der Waals surface area (Å²) in [5.41, 5.74) is 23.6. The number of rotatable bonds is 5. The maximum absolute atomic E-state index is 11.9. The molecule has 1 aliphatic heterocycles. The van der Waals surface area contributed by atoms with Crippen molar-refractivity contribution in [3.8, 4) is 0 Å². The van der Waals surface area contributed by atoms with Crippen molar-refractivity contribution in [3.63, 3.8) is 0 Å². The Morgan fingerprint density at radius 2 is 1.92 bits per heavy atom. The smallest absolute Gasteiger partial charge is 0.236 e. The second-order valence-corrected chi connectivity index (χ2v) is 7.25. The van der Waals surface area contributed by atoms with Gasteiger partial charge < -0.3 is 42.4 Å². The molecule has 9 heteroatoms. The van der Waals surface area contributed by atoms with Crippen LogP contribution in [0.15, 0.2) is 0 Å². The number of aliphatic hydroxyl groups is 1. The number of aliphatic hydroxyl groups excluding tert-OH is 1. The summed E-state index contributed by atoms with van der Waals surface area (Å²) in [6.45, 7) is 1.77. The predicted molar refractivity (Wildman–Crippen MR) is 93.2 cm³/mol. The fraction of sp³-hybridized carbons (Fsp3) is 0.938. The van der Waals surface area contributed by atoms with E-state index in [1.807, 2.05) is 6.92 Å². The third kappa shape index (κ3) is 4.68. The zero-order chi connectivity index (χ0) is 18.7. The Morgan fingerprint density at radius 3 is 2.52 bits per heavy atom. The SMILES string of the molecule is CC(N)C1CCC(N)C(OC2C(N)CCC(N(C)C(=O)CN)C2O)O1. The zero-order valence-electron chi connectivity index (χ0n) is 15.1. The van der Waals surface area contributed by atoms with Crippen LogP contribution < -0.4 is 22.9 Å². The van der Waals surface area contributed by atoms with Gasteiger partial charge in [0.25, 0.3) is 0 Å². The topological polar surface area (TPSA) is 163 Å². The lowest BCUT2D eigenvalue weighted by molar-refractivity contribution is -0.250. The van der Waals surface area contributed by atoms with E-state index in [2.05, 4.69) is 0 Å². The van der Waals surface area contributed by atoms with E-state index < -0.39 is 24.5 Å². The molecule has 0 bridgehead atoms. The quantitative estimate of drug-likeness (QED) is 0.370. The maximum Gasteiger partial charge on any atom is 0.236 e. The Kier molecular flexibility index (Phi) is 7.15. The molecule has 0 aromatic heterocycles. The molecular weight excluding hydrogens is 326 g/mol. The number of nitrogens with zero attached hydrogens (tertiary/aromatic N) is 1. The first-order valence-corrected chi connectivity index (χ1v) is 8.97. The van der Waals surface area contributed by atoms with E-state index in [0.29, 0.717) is 12.8 Å². The molecule has 8 unspecified atom stereocenters. The highest BCUT2D eigenvalue weighted by molar-refractivity contribution is 5.78. The fourth-order valence-corrected chi connectivity index (χ4v) is 3.61. The van der Waals surface area contributed by atoms with E-state index in [1.165, 1.54) is 4.90 Å². The third-order valence-corrected chi connectivity index (χ3v) is 5.33. The molecule has 1 aliphatic carbocycles. The minimum Gasteiger partial charge on any atom is -0.388 e. The highest BCUT2D eigenvalue weighted by Crippen LogP contribution is 2.29. The van der Waals surface area contributed by atoms with Gasteiger partial charge >= 0.3 is 0 Å². The Hall–Kier alpha value is -0.810. The van der Waals surface area contributed by atoms with Gasteiger partial charge in [-0.1, -0.05) is 0 Å². The molecule has 2 aliphatic rings. The van der Waals surface area contributed by atoms with Crippen LogP contribution in [0.4, 0.5) is 0 Å². The maximum atomic E-state index is 11.9. The summed E-state index contributed by atoms with van der Waals surface area (Å²) in [7, 11) is 1.63. The molecule has 1 heterocycles. The molecule has 2 fully saturated rings. The van der Waals surface area contributed by atoms with Crippen molar-refractivity contribution >= 4 is 5.91 Å². The van der Waals surface area contributed by atoms with Crippen molar-refractivity contribution < 1.29 is 19.4 Å². The van der Waals surface area contributed by atoms with E-state index in [1.54, 1.807) is 7.05 Å². The number of likely N-dealkylation sites (N-methyl/N-ethyl adjacent to an activating group) is 1. The van der Waals surface area contributed by atoms with E-state index in [-0.39, 0.29) is 36.7 Å². The van der Waals surface area contributed by atoms with Gasteiger partial charge in [-0.25, -0.2) is 0 Å². The summed E-state index contributed by atoms with van der Waals surface area (Å²) in [6, 6.07) is -1.20. The van der Waals surface area contributed by atoms with Gasteiger partial charge in [0, 0.05) is 19.1 Å². The number of carbonyl (C=O) groups is 1. The summed E-state index contributed by atoms with van der Waals surface area (Å²) >= 11 is 0. The lowest BCUT2D eigenvalue weighted by Crippen LogP contribution is -2.62. The summed E-state index contributed by atoms with van der Waals surface area (Å²) in [5.74, 6) is -0.235. The lowest BCUT2D eigenvalue weighted by atomic mass is 9.85. The first kappa shape index (κ1) is 20.5. The van der Waals surface area contributed by atoms with Gasteiger partial charge in [-0.05, 0) is 32.6 Å². The Morgan fingerprint density at radius 1 is 1.28 bits per heavy atom. The summed E-state index contributed by atoms with van der Waals surface area (Å²) in [5, 5.41) is 10.7. The zero-order valence-corrected chi connectivity index (χ0v) is 15.1. The van der Waals surface area contributed by atoms with Crippen molar-refractivity contribution in [2.45, 2.75) is 81.4 Å². The van der Waals surface area contributed by atoms with Crippen molar-refractivity contribution in [2.24, 2.45) is 22.9 Å². The highest BCUT2D eigenvalue weighted by Gasteiger charge is 2.43. The average molecular weight is 359 g/mol. The van der Waals surface area contributed by atoms with E-state index in [4.69, 9.17) is 32.4 Å². The van der Waals surface area contributed by atoms with Crippen molar-refractivity contribution in [1.82, 2.24) is 4.90 Å². The van der Waals surface area contributed by atoms with Crippen LogP contribution in [0.2, 0.25) is 0 Å². The lowest BCUT2D eigenvalue weighted by Gasteiger charge is -2.45.